The maximum atomic E-state index is 5.34. The van der Waals surface area contributed by atoms with Crippen LogP contribution in [0.2, 0.25) is 0 Å². The van der Waals surface area contributed by atoms with Crippen LogP contribution in [0.3, 0.4) is 0 Å². The van der Waals surface area contributed by atoms with E-state index < -0.39 is 0 Å². The number of rotatable bonds is 6. The summed E-state index contributed by atoms with van der Waals surface area (Å²) in [7, 11) is 3.49. The molecule has 1 unspecified atom stereocenters. The Morgan fingerprint density at radius 3 is 2.95 bits per heavy atom. The maximum absolute atomic E-state index is 5.34. The molecular weight excluding hydrogens is 238 g/mol. The maximum Gasteiger partial charge on any atom is 0.126 e. The highest BCUT2D eigenvalue weighted by Crippen LogP contribution is 2.20. The average molecular weight is 261 g/mol. The van der Waals surface area contributed by atoms with Gasteiger partial charge in [0.25, 0.3) is 0 Å². The molecule has 1 aliphatic heterocycles. The van der Waals surface area contributed by atoms with E-state index in [9.17, 15) is 0 Å². The number of para-hydroxylation sites is 1. The van der Waals surface area contributed by atoms with Crippen LogP contribution < -0.4 is 4.74 Å². The molecular formula is C16H23NO2. The summed E-state index contributed by atoms with van der Waals surface area (Å²) in [5.74, 6) is 0.925. The van der Waals surface area contributed by atoms with Crippen molar-refractivity contribution in [3.8, 4) is 5.75 Å². The first kappa shape index (κ1) is 14.1. The first-order valence-electron chi connectivity index (χ1n) is 6.87. The lowest BCUT2D eigenvalue weighted by atomic mass is 10.2. The molecule has 0 radical (unpaired) electrons. The van der Waals surface area contributed by atoms with Crippen molar-refractivity contribution in [2.45, 2.75) is 18.9 Å². The van der Waals surface area contributed by atoms with Crippen molar-refractivity contribution >= 4 is 6.08 Å². The third-order valence-electron chi connectivity index (χ3n) is 3.63. The Balaban J connectivity index is 1.92. The minimum absolute atomic E-state index is 0.576. The number of nitrogens with zero attached hydrogens (tertiary/aromatic N) is 1. The Hall–Kier alpha value is -1.32. The monoisotopic (exact) mass is 261 g/mol. The minimum atomic E-state index is 0.576. The molecule has 2 rings (SSSR count). The van der Waals surface area contributed by atoms with E-state index in [-0.39, 0.29) is 0 Å². The molecule has 3 heteroatoms. The molecule has 19 heavy (non-hydrogen) atoms. The van der Waals surface area contributed by atoms with Gasteiger partial charge in [0.1, 0.15) is 5.75 Å². The molecule has 104 valence electrons. The van der Waals surface area contributed by atoms with Gasteiger partial charge in [-0.1, -0.05) is 30.4 Å². The molecule has 0 N–H and O–H groups in total. The summed E-state index contributed by atoms with van der Waals surface area (Å²) in [6.45, 7) is 2.98. The van der Waals surface area contributed by atoms with Crippen LogP contribution >= 0.6 is 0 Å². The van der Waals surface area contributed by atoms with E-state index in [0.717, 1.165) is 24.5 Å². The highest BCUT2D eigenvalue weighted by atomic mass is 16.5. The van der Waals surface area contributed by atoms with Crippen molar-refractivity contribution in [1.29, 1.82) is 0 Å². The summed E-state index contributed by atoms with van der Waals surface area (Å²) in [6, 6.07) is 8.67. The van der Waals surface area contributed by atoms with Gasteiger partial charge in [-0.3, -0.25) is 4.90 Å². The van der Waals surface area contributed by atoms with Gasteiger partial charge in [0.2, 0.25) is 0 Å². The van der Waals surface area contributed by atoms with Gasteiger partial charge < -0.3 is 9.47 Å². The molecule has 1 aromatic rings. The fraction of sp³-hybridized carbons (Fsp3) is 0.500. The Labute approximate surface area is 115 Å². The van der Waals surface area contributed by atoms with Crippen LogP contribution in [0.5, 0.6) is 5.75 Å². The van der Waals surface area contributed by atoms with Crippen molar-refractivity contribution < 1.29 is 9.47 Å². The van der Waals surface area contributed by atoms with Gasteiger partial charge in [-0.2, -0.15) is 0 Å². The van der Waals surface area contributed by atoms with Gasteiger partial charge in [0.05, 0.1) is 13.7 Å². The number of hydrogen-bond donors (Lipinski definition) is 0. The number of likely N-dealkylation sites (tertiary alicyclic amines) is 1. The van der Waals surface area contributed by atoms with Crippen molar-refractivity contribution in [1.82, 2.24) is 4.90 Å². The normalized spacial score (nSPS) is 20.2. The molecule has 0 spiro atoms. The van der Waals surface area contributed by atoms with Gasteiger partial charge in [-0.05, 0) is 25.5 Å². The fourth-order valence-corrected chi connectivity index (χ4v) is 2.64. The standard InChI is InChI=1S/C16H23NO2/c1-18-13-15-9-6-12-17(15)11-5-8-14-7-3-4-10-16(14)19-2/h3-5,7-8,10,15H,6,9,11-13H2,1-2H3. The molecule has 1 atom stereocenters. The molecule has 1 aliphatic rings. The molecule has 1 fully saturated rings. The van der Waals surface area contributed by atoms with E-state index in [1.165, 1.54) is 19.4 Å². The smallest absolute Gasteiger partial charge is 0.126 e. The Bertz CT molecular complexity index is 417. The second-order valence-electron chi connectivity index (χ2n) is 4.89. The number of methoxy groups -OCH3 is 2. The number of hydrogen-bond acceptors (Lipinski definition) is 3. The summed E-state index contributed by atoms with van der Waals surface area (Å²) < 4.78 is 10.6. The van der Waals surface area contributed by atoms with Crippen molar-refractivity contribution in [2.24, 2.45) is 0 Å². The van der Waals surface area contributed by atoms with E-state index in [4.69, 9.17) is 9.47 Å². The zero-order chi connectivity index (χ0) is 13.5. The third kappa shape index (κ3) is 3.82. The summed E-state index contributed by atoms with van der Waals surface area (Å²) in [5, 5.41) is 0. The highest BCUT2D eigenvalue weighted by molar-refractivity contribution is 5.57. The first-order valence-corrected chi connectivity index (χ1v) is 6.87. The van der Waals surface area contributed by atoms with E-state index >= 15 is 0 Å². The van der Waals surface area contributed by atoms with E-state index in [1.54, 1.807) is 14.2 Å². The Morgan fingerprint density at radius 2 is 2.16 bits per heavy atom. The molecule has 1 saturated heterocycles. The average Bonchev–Trinajstić information content (AvgIpc) is 2.87. The second-order valence-corrected chi connectivity index (χ2v) is 4.89. The minimum Gasteiger partial charge on any atom is -0.496 e. The van der Waals surface area contributed by atoms with Crippen LogP contribution in [-0.2, 0) is 4.74 Å². The van der Waals surface area contributed by atoms with Crippen molar-refractivity contribution in [3.05, 3.63) is 35.9 Å². The van der Waals surface area contributed by atoms with Crippen molar-refractivity contribution in [3.63, 3.8) is 0 Å². The first-order chi connectivity index (χ1) is 9.35. The zero-order valence-corrected chi connectivity index (χ0v) is 11.8. The molecule has 1 aromatic carbocycles. The van der Waals surface area contributed by atoms with E-state index in [1.807, 2.05) is 18.2 Å². The second kappa shape index (κ2) is 7.31. The Morgan fingerprint density at radius 1 is 1.32 bits per heavy atom. The third-order valence-corrected chi connectivity index (χ3v) is 3.63. The van der Waals surface area contributed by atoms with E-state index in [2.05, 4.69) is 23.1 Å². The lowest BCUT2D eigenvalue weighted by Gasteiger charge is -2.22. The fourth-order valence-electron chi connectivity index (χ4n) is 2.64. The lowest BCUT2D eigenvalue weighted by molar-refractivity contribution is 0.122. The predicted octanol–water partition coefficient (Wildman–Crippen LogP) is 2.82. The van der Waals surface area contributed by atoms with Crippen LogP contribution in [-0.4, -0.2) is 44.9 Å². The lowest BCUT2D eigenvalue weighted by Crippen LogP contribution is -2.32. The number of benzene rings is 1. The van der Waals surface area contributed by atoms with Crippen LogP contribution in [0.15, 0.2) is 30.3 Å². The molecule has 3 nitrogen and oxygen atoms in total. The molecule has 0 bridgehead atoms. The van der Waals surface area contributed by atoms with Crippen LogP contribution in [0, 0.1) is 0 Å². The molecule has 0 aliphatic carbocycles. The largest absolute Gasteiger partial charge is 0.496 e. The van der Waals surface area contributed by atoms with Crippen LogP contribution in [0.25, 0.3) is 6.08 Å². The Kier molecular flexibility index (Phi) is 5.43. The van der Waals surface area contributed by atoms with Gasteiger partial charge in [0, 0.05) is 25.3 Å². The molecule has 0 amide bonds. The summed E-state index contributed by atoms with van der Waals surface area (Å²) in [4.78, 5) is 2.48. The number of ether oxygens (including phenoxy) is 2. The van der Waals surface area contributed by atoms with Gasteiger partial charge in [-0.25, -0.2) is 0 Å². The molecule has 0 saturated carbocycles. The van der Waals surface area contributed by atoms with Gasteiger partial charge >= 0.3 is 0 Å². The van der Waals surface area contributed by atoms with Gasteiger partial charge in [0.15, 0.2) is 0 Å². The molecule has 0 aromatic heterocycles. The zero-order valence-electron chi connectivity index (χ0n) is 11.8. The van der Waals surface area contributed by atoms with Crippen LogP contribution in [0.1, 0.15) is 18.4 Å². The predicted molar refractivity (Wildman–Crippen MR) is 78.5 cm³/mol. The van der Waals surface area contributed by atoms with Crippen molar-refractivity contribution in [2.75, 3.05) is 33.9 Å². The topological polar surface area (TPSA) is 21.7 Å². The quantitative estimate of drug-likeness (QED) is 0.786. The highest BCUT2D eigenvalue weighted by Gasteiger charge is 2.22. The SMILES string of the molecule is COCC1CCCN1CC=Cc1ccccc1OC. The summed E-state index contributed by atoms with van der Waals surface area (Å²) >= 11 is 0. The van der Waals surface area contributed by atoms with Gasteiger partial charge in [-0.15, -0.1) is 0 Å². The molecule has 1 heterocycles. The summed E-state index contributed by atoms with van der Waals surface area (Å²) in [6.07, 6.45) is 6.87. The van der Waals surface area contributed by atoms with E-state index in [0.29, 0.717) is 6.04 Å². The summed E-state index contributed by atoms with van der Waals surface area (Å²) in [5.41, 5.74) is 1.13. The van der Waals surface area contributed by atoms with Crippen LogP contribution in [0.4, 0.5) is 0 Å².